The van der Waals surface area contributed by atoms with Crippen molar-refractivity contribution < 1.29 is 0 Å². The zero-order valence-corrected chi connectivity index (χ0v) is 17.3. The molecule has 26 heavy (non-hydrogen) atoms. The van der Waals surface area contributed by atoms with Crippen molar-refractivity contribution >= 4 is 29.9 Å². The van der Waals surface area contributed by atoms with Crippen LogP contribution in [0.2, 0.25) is 0 Å². The van der Waals surface area contributed by atoms with Crippen molar-refractivity contribution in [1.82, 2.24) is 20.2 Å². The van der Waals surface area contributed by atoms with Crippen LogP contribution in [0, 0.1) is 0 Å². The number of rotatable bonds is 5. The highest BCUT2D eigenvalue weighted by Gasteiger charge is 2.09. The van der Waals surface area contributed by atoms with Gasteiger partial charge in [0.25, 0.3) is 0 Å². The predicted octanol–water partition coefficient (Wildman–Crippen LogP) is 3.90. The lowest BCUT2D eigenvalue weighted by Gasteiger charge is -2.21. The molecule has 6 heteroatoms. The largest absolute Gasteiger partial charge is 0.352 e. The third kappa shape index (κ3) is 5.32. The number of aliphatic imine (C=N–C) groups is 1. The van der Waals surface area contributed by atoms with E-state index in [1.54, 1.807) is 7.05 Å². The van der Waals surface area contributed by atoms with Crippen molar-refractivity contribution in [3.8, 4) is 11.3 Å². The summed E-state index contributed by atoms with van der Waals surface area (Å²) in [4.78, 5) is 14.3. The third-order valence-electron chi connectivity index (χ3n) is 3.97. The van der Waals surface area contributed by atoms with Gasteiger partial charge in [-0.3, -0.25) is 4.99 Å². The summed E-state index contributed by atoms with van der Waals surface area (Å²) in [5.74, 6) is 1.74. The Labute approximate surface area is 171 Å². The standard InChI is InChI=1S/C20H23N5.HI/c1-21-20(23-13-16-9-5-3-6-10-16)25(2)15-19-22-14-18(24-19)17-11-7-4-8-12-17;/h3-12,14H,13,15H2,1-2H3,(H,21,23)(H,22,24);1H. The molecule has 0 fully saturated rings. The molecule has 136 valence electrons. The monoisotopic (exact) mass is 461 g/mol. The highest BCUT2D eigenvalue weighted by atomic mass is 127. The van der Waals surface area contributed by atoms with Gasteiger partial charge in [0.1, 0.15) is 5.82 Å². The Morgan fingerprint density at radius 2 is 1.73 bits per heavy atom. The van der Waals surface area contributed by atoms with Crippen LogP contribution >= 0.6 is 24.0 Å². The fraction of sp³-hybridized carbons (Fsp3) is 0.200. The van der Waals surface area contributed by atoms with Crippen molar-refractivity contribution in [2.24, 2.45) is 4.99 Å². The summed E-state index contributed by atoms with van der Waals surface area (Å²) < 4.78 is 0. The van der Waals surface area contributed by atoms with Crippen LogP contribution in [0.5, 0.6) is 0 Å². The van der Waals surface area contributed by atoms with Crippen LogP contribution in [-0.4, -0.2) is 34.9 Å². The van der Waals surface area contributed by atoms with Gasteiger partial charge in [-0.2, -0.15) is 0 Å². The number of nitrogens with zero attached hydrogens (tertiary/aromatic N) is 3. The predicted molar refractivity (Wildman–Crippen MR) is 118 cm³/mol. The van der Waals surface area contributed by atoms with E-state index in [2.05, 4.69) is 49.4 Å². The van der Waals surface area contributed by atoms with E-state index >= 15 is 0 Å². The molecule has 3 rings (SSSR count). The van der Waals surface area contributed by atoms with Crippen LogP contribution < -0.4 is 5.32 Å². The van der Waals surface area contributed by atoms with Crippen molar-refractivity contribution in [1.29, 1.82) is 0 Å². The third-order valence-corrected chi connectivity index (χ3v) is 3.97. The van der Waals surface area contributed by atoms with Gasteiger partial charge < -0.3 is 15.2 Å². The lowest BCUT2D eigenvalue weighted by molar-refractivity contribution is 0.464. The average Bonchev–Trinajstić information content (AvgIpc) is 3.12. The summed E-state index contributed by atoms with van der Waals surface area (Å²) in [7, 11) is 3.80. The molecule has 0 spiro atoms. The van der Waals surface area contributed by atoms with Crippen LogP contribution in [0.15, 0.2) is 71.9 Å². The SMILES string of the molecule is CN=C(NCc1ccccc1)N(C)Cc1ncc(-c2ccccc2)[nH]1.I. The maximum absolute atomic E-state index is 4.49. The van der Waals surface area contributed by atoms with Crippen molar-refractivity contribution in [2.45, 2.75) is 13.1 Å². The van der Waals surface area contributed by atoms with E-state index in [9.17, 15) is 0 Å². The molecule has 0 saturated heterocycles. The number of guanidine groups is 1. The Bertz CT molecular complexity index is 814. The summed E-state index contributed by atoms with van der Waals surface area (Å²) in [5.41, 5.74) is 3.38. The number of H-pyrrole nitrogens is 1. The molecule has 0 aliphatic carbocycles. The van der Waals surface area contributed by atoms with E-state index in [0.29, 0.717) is 6.54 Å². The second-order valence-electron chi connectivity index (χ2n) is 5.85. The first-order valence-corrected chi connectivity index (χ1v) is 8.31. The summed E-state index contributed by atoms with van der Waals surface area (Å²) >= 11 is 0. The minimum Gasteiger partial charge on any atom is -0.352 e. The number of imidazole rings is 1. The highest BCUT2D eigenvalue weighted by Crippen LogP contribution is 2.16. The quantitative estimate of drug-likeness (QED) is 0.344. The number of hydrogen-bond acceptors (Lipinski definition) is 2. The van der Waals surface area contributed by atoms with Crippen molar-refractivity contribution in [2.75, 3.05) is 14.1 Å². The van der Waals surface area contributed by atoms with Gasteiger partial charge in [-0.15, -0.1) is 24.0 Å². The van der Waals surface area contributed by atoms with Crippen LogP contribution in [0.1, 0.15) is 11.4 Å². The molecule has 0 radical (unpaired) electrons. The lowest BCUT2D eigenvalue weighted by Crippen LogP contribution is -2.38. The maximum atomic E-state index is 4.49. The van der Waals surface area contributed by atoms with E-state index in [1.807, 2.05) is 49.6 Å². The van der Waals surface area contributed by atoms with Crippen LogP contribution in [0.4, 0.5) is 0 Å². The van der Waals surface area contributed by atoms with E-state index in [-0.39, 0.29) is 24.0 Å². The van der Waals surface area contributed by atoms with E-state index in [1.165, 1.54) is 5.56 Å². The highest BCUT2D eigenvalue weighted by molar-refractivity contribution is 14.0. The van der Waals surface area contributed by atoms with Crippen LogP contribution in [-0.2, 0) is 13.1 Å². The molecule has 1 aromatic heterocycles. The first kappa shape index (κ1) is 20.0. The summed E-state index contributed by atoms with van der Waals surface area (Å²) in [5, 5.41) is 3.38. The Hall–Kier alpha value is -2.35. The molecule has 0 aliphatic rings. The number of halogens is 1. The zero-order valence-electron chi connectivity index (χ0n) is 15.0. The Morgan fingerprint density at radius 3 is 2.38 bits per heavy atom. The Morgan fingerprint density at radius 1 is 1.08 bits per heavy atom. The molecular formula is C20H24IN5. The molecular weight excluding hydrogens is 437 g/mol. The van der Waals surface area contributed by atoms with Gasteiger partial charge in [0.15, 0.2) is 5.96 Å². The molecule has 2 N–H and O–H groups in total. The topological polar surface area (TPSA) is 56.3 Å². The van der Waals surface area contributed by atoms with Crippen LogP contribution in [0.3, 0.4) is 0 Å². The maximum Gasteiger partial charge on any atom is 0.194 e. The van der Waals surface area contributed by atoms with Gasteiger partial charge >= 0.3 is 0 Å². The molecule has 1 heterocycles. The first-order chi connectivity index (χ1) is 12.3. The molecule has 0 aliphatic heterocycles. The Kier molecular flexibility index (Phi) is 7.65. The zero-order chi connectivity index (χ0) is 17.5. The fourth-order valence-corrected chi connectivity index (χ4v) is 2.67. The minimum atomic E-state index is 0. The smallest absolute Gasteiger partial charge is 0.194 e. The molecule has 0 atom stereocenters. The average molecular weight is 461 g/mol. The second kappa shape index (κ2) is 9.96. The van der Waals surface area contributed by atoms with E-state index < -0.39 is 0 Å². The van der Waals surface area contributed by atoms with E-state index in [0.717, 1.165) is 29.6 Å². The molecule has 0 amide bonds. The number of nitrogens with one attached hydrogen (secondary N) is 2. The number of aromatic amines is 1. The molecule has 5 nitrogen and oxygen atoms in total. The first-order valence-electron chi connectivity index (χ1n) is 8.31. The molecule has 0 unspecified atom stereocenters. The van der Waals surface area contributed by atoms with Gasteiger partial charge in [-0.1, -0.05) is 60.7 Å². The van der Waals surface area contributed by atoms with Crippen molar-refractivity contribution in [3.63, 3.8) is 0 Å². The molecule has 0 saturated carbocycles. The van der Waals surface area contributed by atoms with Gasteiger partial charge in [0.05, 0.1) is 18.4 Å². The van der Waals surface area contributed by atoms with Crippen LogP contribution in [0.25, 0.3) is 11.3 Å². The number of benzene rings is 2. The molecule has 0 bridgehead atoms. The Balaban J connectivity index is 0.00000243. The normalized spacial score (nSPS) is 10.9. The number of hydrogen-bond donors (Lipinski definition) is 2. The second-order valence-corrected chi connectivity index (χ2v) is 5.85. The number of aromatic nitrogens is 2. The fourth-order valence-electron chi connectivity index (χ4n) is 2.67. The van der Waals surface area contributed by atoms with Gasteiger partial charge in [0, 0.05) is 20.6 Å². The van der Waals surface area contributed by atoms with Gasteiger partial charge in [-0.05, 0) is 11.1 Å². The minimum absolute atomic E-state index is 0. The summed E-state index contributed by atoms with van der Waals surface area (Å²) in [6.07, 6.45) is 1.87. The molecule has 3 aromatic rings. The summed E-state index contributed by atoms with van der Waals surface area (Å²) in [6.45, 7) is 1.40. The van der Waals surface area contributed by atoms with Crippen molar-refractivity contribution in [3.05, 3.63) is 78.2 Å². The molecule has 2 aromatic carbocycles. The van der Waals surface area contributed by atoms with Gasteiger partial charge in [0.2, 0.25) is 0 Å². The lowest BCUT2D eigenvalue weighted by atomic mass is 10.2. The van der Waals surface area contributed by atoms with E-state index in [4.69, 9.17) is 0 Å². The summed E-state index contributed by atoms with van der Waals surface area (Å²) in [6, 6.07) is 20.5. The van der Waals surface area contributed by atoms with Gasteiger partial charge in [-0.25, -0.2) is 4.98 Å².